The number of nitrogens with zero attached hydrogens (tertiary/aromatic N) is 2. The molecule has 11 nitrogen and oxygen atoms in total. The summed E-state index contributed by atoms with van der Waals surface area (Å²) >= 11 is 2.67. The normalized spacial score (nSPS) is 11.8. The van der Waals surface area contributed by atoms with Gasteiger partial charge in [-0.15, -0.1) is 11.8 Å². The van der Waals surface area contributed by atoms with Crippen LogP contribution in [-0.4, -0.2) is 39.5 Å². The van der Waals surface area contributed by atoms with Crippen molar-refractivity contribution in [2.24, 2.45) is 0 Å². The van der Waals surface area contributed by atoms with E-state index in [1.807, 2.05) is 31.2 Å². The summed E-state index contributed by atoms with van der Waals surface area (Å²) in [7, 11) is 0. The molecular weight excluding hydrogens is 639 g/mol. The molecule has 1 atom stereocenters. The minimum absolute atomic E-state index is 0.0669. The lowest BCUT2D eigenvalue weighted by Crippen LogP contribution is -2.30. The Labute approximate surface area is 278 Å². The number of nitro groups is 1. The van der Waals surface area contributed by atoms with Crippen molar-refractivity contribution >= 4 is 73.6 Å². The maximum Gasteiger partial charge on any atom is 0.272 e. The number of nitro benzene ring substituents is 1. The number of hydrogen-bond acceptors (Lipinski definition) is 9. The average molecular weight is 668 g/mol. The Hall–Kier alpha value is -5.53. The number of amides is 3. The Balaban J connectivity index is 1.27. The summed E-state index contributed by atoms with van der Waals surface area (Å²) in [5.74, 6) is -0.597. The van der Waals surface area contributed by atoms with Crippen molar-refractivity contribution in [1.82, 2.24) is 10.3 Å². The minimum Gasteiger partial charge on any atom is -0.494 e. The first-order chi connectivity index (χ1) is 22.7. The Morgan fingerprint density at radius 1 is 0.979 bits per heavy atom. The van der Waals surface area contributed by atoms with Crippen molar-refractivity contribution < 1.29 is 24.0 Å². The number of anilines is 2. The van der Waals surface area contributed by atoms with E-state index in [0.717, 1.165) is 20.9 Å². The number of nitrogens with one attached hydrogen (secondary N) is 3. The smallest absolute Gasteiger partial charge is 0.272 e. The molecular formula is C34H29N5O6S2. The molecule has 5 aromatic rings. The van der Waals surface area contributed by atoms with Gasteiger partial charge >= 0.3 is 0 Å². The molecule has 0 radical (unpaired) electrons. The molecule has 0 aliphatic heterocycles. The van der Waals surface area contributed by atoms with Gasteiger partial charge < -0.3 is 20.7 Å². The Kier molecular flexibility index (Phi) is 10.6. The Bertz CT molecular complexity index is 1960. The second-order valence-electron chi connectivity index (χ2n) is 10.0. The number of aromatic nitrogens is 1. The fourth-order valence-corrected chi connectivity index (χ4v) is 6.15. The Morgan fingerprint density at radius 3 is 2.47 bits per heavy atom. The highest BCUT2D eigenvalue weighted by molar-refractivity contribution is 8.00. The minimum atomic E-state index is -0.607. The first-order valence-electron chi connectivity index (χ1n) is 14.4. The van der Waals surface area contributed by atoms with Gasteiger partial charge in [0.1, 0.15) is 11.4 Å². The molecule has 3 amide bonds. The van der Waals surface area contributed by atoms with Gasteiger partial charge in [-0.05, 0) is 86.2 Å². The SMILES string of the molecule is CCOc1ccc2nc(NC(=O)C(C)Sc3cccc(NC(=O)/C(=C\c4ccc([N+](=O)[O-])cc4)NC(=O)c4ccccc4)c3)sc2c1. The summed E-state index contributed by atoms with van der Waals surface area (Å²) < 4.78 is 6.45. The van der Waals surface area contributed by atoms with E-state index in [-0.39, 0.29) is 17.3 Å². The van der Waals surface area contributed by atoms with Crippen molar-refractivity contribution in [3.8, 4) is 5.75 Å². The van der Waals surface area contributed by atoms with Crippen LogP contribution < -0.4 is 20.7 Å². The van der Waals surface area contributed by atoms with E-state index in [1.54, 1.807) is 55.5 Å². The van der Waals surface area contributed by atoms with Crippen LogP contribution in [0.5, 0.6) is 5.75 Å². The zero-order valence-electron chi connectivity index (χ0n) is 25.3. The van der Waals surface area contributed by atoms with Gasteiger partial charge in [0.2, 0.25) is 5.91 Å². The van der Waals surface area contributed by atoms with Gasteiger partial charge in [-0.3, -0.25) is 24.5 Å². The highest BCUT2D eigenvalue weighted by Crippen LogP contribution is 2.31. The highest BCUT2D eigenvalue weighted by Gasteiger charge is 2.19. The van der Waals surface area contributed by atoms with Gasteiger partial charge in [0.15, 0.2) is 5.13 Å². The third-order valence-corrected chi connectivity index (χ3v) is 8.65. The maximum absolute atomic E-state index is 13.4. The third-order valence-electron chi connectivity index (χ3n) is 6.62. The highest BCUT2D eigenvalue weighted by atomic mass is 32.2. The lowest BCUT2D eigenvalue weighted by Gasteiger charge is -2.13. The van der Waals surface area contributed by atoms with Gasteiger partial charge in [-0.25, -0.2) is 4.98 Å². The monoisotopic (exact) mass is 667 g/mol. The lowest BCUT2D eigenvalue weighted by molar-refractivity contribution is -0.384. The molecule has 13 heteroatoms. The molecule has 0 fully saturated rings. The molecule has 0 spiro atoms. The van der Waals surface area contributed by atoms with Gasteiger partial charge in [-0.2, -0.15) is 0 Å². The van der Waals surface area contributed by atoms with Crippen LogP contribution in [0.3, 0.4) is 0 Å². The van der Waals surface area contributed by atoms with Gasteiger partial charge in [0.25, 0.3) is 17.5 Å². The maximum atomic E-state index is 13.4. The number of ether oxygens (including phenoxy) is 1. The number of rotatable bonds is 12. The summed E-state index contributed by atoms with van der Waals surface area (Å²) in [4.78, 5) is 55.2. The molecule has 0 aliphatic carbocycles. The van der Waals surface area contributed by atoms with E-state index in [4.69, 9.17) is 4.74 Å². The van der Waals surface area contributed by atoms with Crippen molar-refractivity contribution in [3.05, 3.63) is 124 Å². The van der Waals surface area contributed by atoms with Gasteiger partial charge in [0, 0.05) is 28.3 Å². The van der Waals surface area contributed by atoms with Crippen molar-refractivity contribution in [2.75, 3.05) is 17.2 Å². The van der Waals surface area contributed by atoms with E-state index in [1.165, 1.54) is 53.4 Å². The van der Waals surface area contributed by atoms with Crippen LogP contribution in [0.1, 0.15) is 29.8 Å². The quantitative estimate of drug-likeness (QED) is 0.0550. The second-order valence-corrected chi connectivity index (χ2v) is 12.5. The van der Waals surface area contributed by atoms with Crippen LogP contribution in [-0.2, 0) is 9.59 Å². The predicted molar refractivity (Wildman–Crippen MR) is 185 cm³/mol. The number of hydrogen-bond donors (Lipinski definition) is 3. The molecule has 1 aromatic heterocycles. The lowest BCUT2D eigenvalue weighted by atomic mass is 10.1. The average Bonchev–Trinajstić information content (AvgIpc) is 3.46. The molecule has 4 aromatic carbocycles. The van der Waals surface area contributed by atoms with Crippen LogP contribution in [0.25, 0.3) is 16.3 Å². The molecule has 0 aliphatic rings. The molecule has 0 bridgehead atoms. The first kappa shape index (κ1) is 32.9. The van der Waals surface area contributed by atoms with Gasteiger partial charge in [-0.1, -0.05) is 35.6 Å². The number of thioether (sulfide) groups is 1. The first-order valence-corrected chi connectivity index (χ1v) is 16.1. The van der Waals surface area contributed by atoms with E-state index < -0.39 is 22.0 Å². The number of fused-ring (bicyclic) bond motifs is 1. The predicted octanol–water partition coefficient (Wildman–Crippen LogP) is 7.13. The van der Waals surface area contributed by atoms with Crippen LogP contribution in [0, 0.1) is 10.1 Å². The van der Waals surface area contributed by atoms with E-state index in [9.17, 15) is 24.5 Å². The topological polar surface area (TPSA) is 153 Å². The number of benzene rings is 4. The standard InChI is InChI=1S/C34H29N5O6S2/c1-3-45-26-16-17-28-30(20-26)47-34(37-28)38-31(40)21(2)46-27-11-7-10-24(19-27)35-33(42)29(36-32(41)23-8-5-4-6-9-23)18-22-12-14-25(15-13-22)39(43)44/h4-21H,3H2,1-2H3,(H,35,42)(H,36,41)(H,37,38,40)/b29-18+. The summed E-state index contributed by atoms with van der Waals surface area (Å²) in [6.45, 7) is 4.24. The largest absolute Gasteiger partial charge is 0.494 e. The fourth-order valence-electron chi connectivity index (χ4n) is 4.33. The zero-order chi connectivity index (χ0) is 33.3. The van der Waals surface area contributed by atoms with Crippen LogP contribution in [0.15, 0.2) is 108 Å². The third kappa shape index (κ3) is 8.81. The molecule has 1 unspecified atom stereocenters. The van der Waals surface area contributed by atoms with Crippen LogP contribution in [0.4, 0.5) is 16.5 Å². The molecule has 3 N–H and O–H groups in total. The molecule has 47 heavy (non-hydrogen) atoms. The zero-order valence-corrected chi connectivity index (χ0v) is 26.9. The van der Waals surface area contributed by atoms with Gasteiger partial charge in [0.05, 0.1) is 27.0 Å². The molecule has 1 heterocycles. The summed E-state index contributed by atoms with van der Waals surface area (Å²) in [6, 6.07) is 26.6. The molecule has 0 saturated carbocycles. The van der Waals surface area contributed by atoms with E-state index >= 15 is 0 Å². The van der Waals surface area contributed by atoms with Crippen molar-refractivity contribution in [3.63, 3.8) is 0 Å². The Morgan fingerprint density at radius 2 is 1.74 bits per heavy atom. The van der Waals surface area contributed by atoms with E-state index in [0.29, 0.717) is 28.6 Å². The number of carbonyl (C=O) groups excluding carboxylic acids is 3. The number of non-ortho nitro benzene ring substituents is 1. The number of carbonyl (C=O) groups is 3. The summed E-state index contributed by atoms with van der Waals surface area (Å²) in [6.07, 6.45) is 1.44. The van der Waals surface area contributed by atoms with Crippen molar-refractivity contribution in [2.45, 2.75) is 24.0 Å². The van der Waals surface area contributed by atoms with Crippen LogP contribution >= 0.6 is 23.1 Å². The van der Waals surface area contributed by atoms with Crippen LogP contribution in [0.2, 0.25) is 0 Å². The van der Waals surface area contributed by atoms with Crippen molar-refractivity contribution in [1.29, 1.82) is 0 Å². The second kappa shape index (κ2) is 15.2. The fraction of sp³-hybridized carbons (Fsp3) is 0.118. The summed E-state index contributed by atoms with van der Waals surface area (Å²) in [5, 5.41) is 19.4. The molecule has 238 valence electrons. The molecule has 0 saturated heterocycles. The van der Waals surface area contributed by atoms with E-state index in [2.05, 4.69) is 20.9 Å². The molecule has 5 rings (SSSR count). The number of thiazole rings is 1. The summed E-state index contributed by atoms with van der Waals surface area (Å²) in [5.41, 5.74) is 1.85.